The van der Waals surface area contributed by atoms with Crippen molar-refractivity contribution in [3.05, 3.63) is 65.9 Å². The van der Waals surface area contributed by atoms with Crippen molar-refractivity contribution in [2.24, 2.45) is 0 Å². The molecular formula is C20H23N3O2S. The molecule has 0 atom stereocenters. The summed E-state index contributed by atoms with van der Waals surface area (Å²) >= 11 is 0. The molecule has 0 spiro atoms. The summed E-state index contributed by atoms with van der Waals surface area (Å²) in [6.07, 6.45) is 1.68. The molecule has 136 valence electrons. The number of hydrogen-bond donors (Lipinski definition) is 1. The maximum Gasteiger partial charge on any atom is 0.243 e. The predicted molar refractivity (Wildman–Crippen MR) is 106 cm³/mol. The van der Waals surface area contributed by atoms with Gasteiger partial charge in [-0.25, -0.2) is 12.4 Å². The first-order chi connectivity index (χ1) is 12.5. The van der Waals surface area contributed by atoms with Gasteiger partial charge < -0.3 is 10.2 Å². The molecule has 1 aliphatic heterocycles. The summed E-state index contributed by atoms with van der Waals surface area (Å²) in [7, 11) is -3.47. The molecule has 1 fully saturated rings. The smallest absolute Gasteiger partial charge is 0.243 e. The minimum absolute atomic E-state index is 0.00504. The number of benzene rings is 2. The summed E-state index contributed by atoms with van der Waals surface area (Å²) in [4.78, 5) is 2.32. The molecule has 0 unspecified atom stereocenters. The molecule has 0 bridgehead atoms. The van der Waals surface area contributed by atoms with E-state index in [-0.39, 0.29) is 5.75 Å². The van der Waals surface area contributed by atoms with E-state index in [0.29, 0.717) is 0 Å². The number of fused-ring (bicyclic) bond motifs is 1. The Morgan fingerprint density at radius 1 is 1.00 bits per heavy atom. The van der Waals surface area contributed by atoms with Gasteiger partial charge in [-0.2, -0.15) is 0 Å². The highest BCUT2D eigenvalue weighted by Crippen LogP contribution is 2.29. The fourth-order valence-electron chi connectivity index (χ4n) is 3.52. The van der Waals surface area contributed by atoms with Gasteiger partial charge >= 0.3 is 0 Å². The molecule has 1 N–H and O–H groups in total. The maximum absolute atomic E-state index is 13.0. The Morgan fingerprint density at radius 3 is 2.46 bits per heavy atom. The zero-order valence-electron chi connectivity index (χ0n) is 14.9. The Bertz CT molecular complexity index is 1020. The second kappa shape index (κ2) is 6.78. The van der Waals surface area contributed by atoms with E-state index in [2.05, 4.69) is 16.3 Å². The zero-order valence-corrected chi connectivity index (χ0v) is 15.7. The average molecular weight is 369 g/mol. The van der Waals surface area contributed by atoms with E-state index < -0.39 is 10.0 Å². The monoisotopic (exact) mass is 369 g/mol. The van der Waals surface area contributed by atoms with Crippen molar-refractivity contribution in [3.63, 3.8) is 0 Å². The highest BCUT2D eigenvalue weighted by Gasteiger charge is 2.20. The highest BCUT2D eigenvalue weighted by atomic mass is 32.2. The summed E-state index contributed by atoms with van der Waals surface area (Å²) in [6, 6.07) is 15.5. The molecule has 1 aromatic heterocycles. The van der Waals surface area contributed by atoms with Crippen molar-refractivity contribution >= 4 is 26.6 Å². The lowest BCUT2D eigenvalue weighted by Crippen LogP contribution is -2.43. The first kappa shape index (κ1) is 17.1. The minimum Gasteiger partial charge on any atom is -0.368 e. The van der Waals surface area contributed by atoms with Crippen molar-refractivity contribution in [1.29, 1.82) is 0 Å². The molecule has 1 aliphatic rings. The van der Waals surface area contributed by atoms with Crippen LogP contribution in [0.3, 0.4) is 0 Å². The normalized spacial score (nSPS) is 15.5. The molecule has 4 rings (SSSR count). The summed E-state index contributed by atoms with van der Waals surface area (Å²) in [5, 5.41) is 4.34. The third kappa shape index (κ3) is 3.22. The summed E-state index contributed by atoms with van der Waals surface area (Å²) < 4.78 is 27.4. The number of hydrogen-bond acceptors (Lipinski definition) is 4. The summed E-state index contributed by atoms with van der Waals surface area (Å²) in [5.74, 6) is -0.00504. The number of aryl methyl sites for hydroxylation is 1. The average Bonchev–Trinajstić information content (AvgIpc) is 3.09. The van der Waals surface area contributed by atoms with Crippen LogP contribution >= 0.6 is 0 Å². The van der Waals surface area contributed by atoms with Gasteiger partial charge in [0.2, 0.25) is 10.0 Å². The van der Waals surface area contributed by atoms with Crippen LogP contribution in [0.4, 0.5) is 5.69 Å². The van der Waals surface area contributed by atoms with Crippen molar-refractivity contribution < 1.29 is 8.42 Å². The van der Waals surface area contributed by atoms with Gasteiger partial charge in [0.15, 0.2) is 0 Å². The minimum atomic E-state index is -3.47. The second-order valence-corrected chi connectivity index (χ2v) is 8.65. The predicted octanol–water partition coefficient (Wildman–Crippen LogP) is 2.74. The van der Waals surface area contributed by atoms with E-state index in [1.807, 2.05) is 49.4 Å². The molecule has 5 nitrogen and oxygen atoms in total. The largest absolute Gasteiger partial charge is 0.368 e. The van der Waals surface area contributed by atoms with E-state index in [4.69, 9.17) is 0 Å². The maximum atomic E-state index is 13.0. The molecule has 0 saturated carbocycles. The lowest BCUT2D eigenvalue weighted by atomic mass is 10.2. The fourth-order valence-corrected chi connectivity index (χ4v) is 4.97. The number of nitrogens with one attached hydrogen (secondary N) is 1. The number of aromatic nitrogens is 1. The third-order valence-electron chi connectivity index (χ3n) is 4.90. The van der Waals surface area contributed by atoms with Gasteiger partial charge in [-0.05, 0) is 30.7 Å². The molecule has 6 heteroatoms. The van der Waals surface area contributed by atoms with Crippen LogP contribution in [0.2, 0.25) is 0 Å². The Labute approximate surface area is 154 Å². The summed E-state index contributed by atoms with van der Waals surface area (Å²) in [6.45, 7) is 5.75. The van der Waals surface area contributed by atoms with Crippen LogP contribution in [-0.2, 0) is 15.8 Å². The SMILES string of the molecule is Cc1ccc(CS(=O)(=O)n2ccc3c(N4CCNCC4)cccc32)cc1. The van der Waals surface area contributed by atoms with Gasteiger partial charge in [0.1, 0.15) is 0 Å². The molecule has 1 saturated heterocycles. The van der Waals surface area contributed by atoms with Crippen molar-refractivity contribution in [3.8, 4) is 0 Å². The molecule has 2 aromatic carbocycles. The van der Waals surface area contributed by atoms with Crippen LogP contribution < -0.4 is 10.2 Å². The Hall–Kier alpha value is -2.31. The first-order valence-corrected chi connectivity index (χ1v) is 10.5. The molecule has 3 aromatic rings. The van der Waals surface area contributed by atoms with Crippen molar-refractivity contribution in [2.75, 3.05) is 31.1 Å². The first-order valence-electron chi connectivity index (χ1n) is 8.89. The summed E-state index contributed by atoms with van der Waals surface area (Å²) in [5.41, 5.74) is 3.77. The van der Waals surface area contributed by atoms with Crippen molar-refractivity contribution in [1.82, 2.24) is 9.29 Å². The molecule has 0 aliphatic carbocycles. The highest BCUT2D eigenvalue weighted by molar-refractivity contribution is 7.89. The van der Waals surface area contributed by atoms with Crippen LogP contribution in [-0.4, -0.2) is 38.6 Å². The van der Waals surface area contributed by atoms with Gasteiger partial charge in [-0.1, -0.05) is 35.9 Å². The molecule has 0 amide bonds. The fraction of sp³-hybridized carbons (Fsp3) is 0.300. The van der Waals surface area contributed by atoms with E-state index >= 15 is 0 Å². The van der Waals surface area contributed by atoms with Gasteiger partial charge in [-0.15, -0.1) is 0 Å². The lowest BCUT2D eigenvalue weighted by molar-refractivity contribution is 0.588. The van der Waals surface area contributed by atoms with Crippen molar-refractivity contribution in [2.45, 2.75) is 12.7 Å². The van der Waals surface area contributed by atoms with Crippen LogP contribution in [0, 0.1) is 6.92 Å². The van der Waals surface area contributed by atoms with Gasteiger partial charge in [-0.3, -0.25) is 0 Å². The van der Waals surface area contributed by atoms with Crippen LogP contribution in [0.15, 0.2) is 54.7 Å². The Balaban J connectivity index is 1.71. The second-order valence-electron chi connectivity index (χ2n) is 6.80. The van der Waals surface area contributed by atoms with Crippen LogP contribution in [0.25, 0.3) is 10.9 Å². The quantitative estimate of drug-likeness (QED) is 0.768. The van der Waals surface area contributed by atoms with E-state index in [0.717, 1.165) is 53.9 Å². The number of rotatable bonds is 4. The number of nitrogens with zero attached hydrogens (tertiary/aromatic N) is 2. The van der Waals surface area contributed by atoms with Crippen LogP contribution in [0.1, 0.15) is 11.1 Å². The number of anilines is 1. The van der Waals surface area contributed by atoms with Crippen LogP contribution in [0.5, 0.6) is 0 Å². The molecule has 0 radical (unpaired) electrons. The van der Waals surface area contributed by atoms with Gasteiger partial charge in [0.25, 0.3) is 0 Å². The van der Waals surface area contributed by atoms with Gasteiger partial charge in [0.05, 0.1) is 11.3 Å². The lowest BCUT2D eigenvalue weighted by Gasteiger charge is -2.30. The third-order valence-corrected chi connectivity index (χ3v) is 6.52. The van der Waals surface area contributed by atoms with E-state index in [1.165, 1.54) is 3.97 Å². The van der Waals surface area contributed by atoms with E-state index in [1.54, 1.807) is 6.20 Å². The standard InChI is InChI=1S/C20H23N3O2S/c1-16-5-7-17(8-6-16)15-26(24,25)23-12-9-18-19(3-2-4-20(18)23)22-13-10-21-11-14-22/h2-9,12,21H,10-11,13-15H2,1H3. The van der Waals surface area contributed by atoms with E-state index in [9.17, 15) is 8.42 Å². The molecule has 2 heterocycles. The Morgan fingerprint density at radius 2 is 1.73 bits per heavy atom. The molecular weight excluding hydrogens is 346 g/mol. The van der Waals surface area contributed by atoms with Gasteiger partial charge in [0, 0.05) is 43.4 Å². The number of piperazine rings is 1. The topological polar surface area (TPSA) is 54.3 Å². The Kier molecular flexibility index (Phi) is 4.46. The molecule has 26 heavy (non-hydrogen) atoms. The zero-order chi connectivity index (χ0) is 18.1.